The van der Waals surface area contributed by atoms with Gasteiger partial charge in [-0.2, -0.15) is 0 Å². The first-order valence-corrected chi connectivity index (χ1v) is 7.85. The number of methoxy groups -OCH3 is 1. The first-order valence-electron chi connectivity index (χ1n) is 7.32. The second-order valence-electron chi connectivity index (χ2n) is 6.41. The molecule has 6 nitrogen and oxygen atoms in total. The van der Waals surface area contributed by atoms with Crippen LogP contribution >= 0.6 is 11.6 Å². The molecule has 0 aromatic heterocycles. The molecule has 1 aliphatic carbocycles. The number of Topliss-reactive ketones (excluding diaryl/α,β-unsaturated/α-hetero) is 2. The Morgan fingerprint density at radius 3 is 2.68 bits per heavy atom. The number of hydrogen-bond acceptors (Lipinski definition) is 6. The summed E-state index contributed by atoms with van der Waals surface area (Å²) in [7, 11) is 3.65. The van der Waals surface area contributed by atoms with E-state index in [1.807, 2.05) is 11.9 Å². The van der Waals surface area contributed by atoms with E-state index in [1.165, 1.54) is 0 Å². The number of carbonyl (C=O) groups is 2. The molecule has 3 aliphatic heterocycles. The lowest BCUT2D eigenvalue weighted by molar-refractivity contribution is -0.134. The van der Waals surface area contributed by atoms with Gasteiger partial charge in [-0.3, -0.25) is 14.5 Å². The number of alkyl halides is 1. The SMILES string of the molecule is CO[C@@]12[C@H](CCl)C3=C(C(=O)C(C)=C(N)C3=O)N1C[C@H]1[C@@H]2N1C. The highest BCUT2D eigenvalue weighted by Gasteiger charge is 2.74. The third-order valence-electron chi connectivity index (χ3n) is 5.75. The quantitative estimate of drug-likeness (QED) is 0.432. The van der Waals surface area contributed by atoms with Crippen molar-refractivity contribution in [2.45, 2.75) is 24.7 Å². The second kappa shape index (κ2) is 4.13. The number of allylic oxidation sites excluding steroid dienone is 2. The molecule has 4 aliphatic rings. The number of hydrogen-bond donors (Lipinski definition) is 1. The number of ether oxygens (including phenoxy) is 1. The molecule has 1 unspecified atom stereocenters. The number of nitrogens with zero attached hydrogens (tertiary/aromatic N) is 2. The molecule has 2 saturated heterocycles. The number of fused-ring (bicyclic) bond motifs is 4. The van der Waals surface area contributed by atoms with Gasteiger partial charge in [0.15, 0.2) is 5.72 Å². The molecule has 0 aromatic rings. The maximum atomic E-state index is 12.7. The zero-order valence-corrected chi connectivity index (χ0v) is 13.5. The van der Waals surface area contributed by atoms with Crippen LogP contribution < -0.4 is 5.73 Å². The Balaban J connectivity index is 1.90. The van der Waals surface area contributed by atoms with Crippen LogP contribution in [0.3, 0.4) is 0 Å². The van der Waals surface area contributed by atoms with Gasteiger partial charge in [0, 0.05) is 36.7 Å². The minimum absolute atomic E-state index is 0.0343. The number of halogens is 1. The molecular formula is C15H18ClN3O3. The summed E-state index contributed by atoms with van der Waals surface area (Å²) in [5.74, 6) is -0.586. The summed E-state index contributed by atoms with van der Waals surface area (Å²) in [6.07, 6.45) is 0. The van der Waals surface area contributed by atoms with Gasteiger partial charge in [0.2, 0.25) is 11.6 Å². The van der Waals surface area contributed by atoms with E-state index in [-0.39, 0.29) is 35.1 Å². The predicted octanol–water partition coefficient (Wildman–Crippen LogP) is -0.165. The molecule has 118 valence electrons. The Kier molecular flexibility index (Phi) is 2.67. The second-order valence-corrected chi connectivity index (χ2v) is 6.72. The van der Waals surface area contributed by atoms with E-state index in [2.05, 4.69) is 4.90 Å². The van der Waals surface area contributed by atoms with Gasteiger partial charge in [-0.05, 0) is 14.0 Å². The lowest BCUT2D eigenvalue weighted by atomic mass is 9.83. The van der Waals surface area contributed by atoms with Crippen LogP contribution in [0.2, 0.25) is 0 Å². The standard InChI is InChI=1S/C15H18ClN3O3/c1-6-10(17)13(21)9-7(4-16)15(22-3)14-8(18(14)2)5-19(15)11(9)12(6)20/h7-8,14H,4-5,17H2,1-3H3/t7-,8+,14+,15-,18?/m1/s1. The van der Waals surface area contributed by atoms with Crippen molar-refractivity contribution in [3.05, 3.63) is 22.5 Å². The fourth-order valence-electron chi connectivity index (χ4n) is 4.55. The van der Waals surface area contributed by atoms with E-state index >= 15 is 0 Å². The summed E-state index contributed by atoms with van der Waals surface area (Å²) in [6.45, 7) is 2.28. The summed E-state index contributed by atoms with van der Waals surface area (Å²) in [6, 6.07) is 0.486. The lowest BCUT2D eigenvalue weighted by Crippen LogP contribution is -2.54. The molecule has 4 rings (SSSR count). The van der Waals surface area contributed by atoms with Crippen molar-refractivity contribution in [1.82, 2.24) is 9.80 Å². The van der Waals surface area contributed by atoms with E-state index in [9.17, 15) is 9.59 Å². The summed E-state index contributed by atoms with van der Waals surface area (Å²) >= 11 is 6.21. The first kappa shape index (κ1) is 14.2. The van der Waals surface area contributed by atoms with Crippen LogP contribution in [0.1, 0.15) is 6.92 Å². The van der Waals surface area contributed by atoms with Crippen molar-refractivity contribution in [1.29, 1.82) is 0 Å². The molecule has 7 heteroatoms. The van der Waals surface area contributed by atoms with E-state index < -0.39 is 5.72 Å². The van der Waals surface area contributed by atoms with Crippen LogP contribution in [-0.2, 0) is 14.3 Å². The smallest absolute Gasteiger partial charge is 0.207 e. The zero-order valence-electron chi connectivity index (χ0n) is 12.7. The average Bonchev–Trinajstić information content (AvgIpc) is 2.91. The summed E-state index contributed by atoms with van der Waals surface area (Å²) < 4.78 is 5.90. The number of likely N-dealkylation sites (N-methyl/N-ethyl adjacent to an activating group) is 1. The van der Waals surface area contributed by atoms with Gasteiger partial charge in [0.05, 0.1) is 23.4 Å². The largest absolute Gasteiger partial charge is 0.395 e. The Bertz CT molecular complexity index is 660. The monoisotopic (exact) mass is 323 g/mol. The molecule has 0 aromatic carbocycles. The number of carbonyl (C=O) groups excluding carboxylic acids is 2. The zero-order chi connectivity index (χ0) is 16.0. The maximum Gasteiger partial charge on any atom is 0.207 e. The molecule has 0 amide bonds. The topological polar surface area (TPSA) is 75.6 Å². The lowest BCUT2D eigenvalue weighted by Gasteiger charge is -2.40. The van der Waals surface area contributed by atoms with Crippen molar-refractivity contribution < 1.29 is 14.3 Å². The van der Waals surface area contributed by atoms with Crippen molar-refractivity contribution in [3.8, 4) is 0 Å². The van der Waals surface area contributed by atoms with Crippen LogP contribution in [0.4, 0.5) is 0 Å². The molecule has 0 saturated carbocycles. The molecule has 2 N–H and O–H groups in total. The van der Waals surface area contributed by atoms with Crippen LogP contribution in [0, 0.1) is 5.92 Å². The fourth-order valence-corrected chi connectivity index (χ4v) is 4.93. The highest BCUT2D eigenvalue weighted by molar-refractivity contribution is 6.26. The Labute approximate surface area is 133 Å². The van der Waals surface area contributed by atoms with Gasteiger partial charge in [-0.15, -0.1) is 11.6 Å². The minimum atomic E-state index is -0.734. The number of nitrogens with two attached hydrogens (primary N) is 1. The normalized spacial score (nSPS) is 42.8. The number of piperazine rings is 1. The maximum absolute atomic E-state index is 12.7. The number of ketones is 2. The third kappa shape index (κ3) is 1.27. The van der Waals surface area contributed by atoms with Crippen LogP contribution in [0.5, 0.6) is 0 Å². The van der Waals surface area contributed by atoms with Gasteiger partial charge in [-0.25, -0.2) is 0 Å². The first-order chi connectivity index (χ1) is 10.4. The molecule has 0 bridgehead atoms. The average molecular weight is 324 g/mol. The van der Waals surface area contributed by atoms with Gasteiger partial charge < -0.3 is 15.4 Å². The van der Waals surface area contributed by atoms with E-state index in [1.54, 1.807) is 14.0 Å². The van der Waals surface area contributed by atoms with Gasteiger partial charge in [0.25, 0.3) is 0 Å². The van der Waals surface area contributed by atoms with Gasteiger partial charge in [0.1, 0.15) is 0 Å². The van der Waals surface area contributed by atoms with E-state index in [0.29, 0.717) is 29.4 Å². The fraction of sp³-hybridized carbons (Fsp3) is 0.600. The highest BCUT2D eigenvalue weighted by Crippen LogP contribution is 2.59. The van der Waals surface area contributed by atoms with Crippen LogP contribution in [0.25, 0.3) is 0 Å². The Morgan fingerprint density at radius 2 is 2.09 bits per heavy atom. The minimum Gasteiger partial charge on any atom is -0.395 e. The van der Waals surface area contributed by atoms with Crippen molar-refractivity contribution >= 4 is 23.2 Å². The summed E-state index contributed by atoms with van der Waals surface area (Å²) in [5, 5.41) is 0. The Hall–Kier alpha value is -1.37. The highest BCUT2D eigenvalue weighted by atomic mass is 35.5. The molecular weight excluding hydrogens is 306 g/mol. The van der Waals surface area contributed by atoms with Crippen molar-refractivity contribution in [2.75, 3.05) is 26.6 Å². The van der Waals surface area contributed by atoms with Crippen LogP contribution in [0.15, 0.2) is 22.5 Å². The molecule has 2 fully saturated rings. The number of rotatable bonds is 2. The van der Waals surface area contributed by atoms with Crippen molar-refractivity contribution in [2.24, 2.45) is 11.7 Å². The molecule has 3 heterocycles. The molecule has 5 atom stereocenters. The van der Waals surface area contributed by atoms with E-state index in [4.69, 9.17) is 22.1 Å². The molecule has 0 radical (unpaired) electrons. The molecule has 22 heavy (non-hydrogen) atoms. The van der Waals surface area contributed by atoms with Crippen molar-refractivity contribution in [3.63, 3.8) is 0 Å². The Morgan fingerprint density at radius 1 is 1.41 bits per heavy atom. The van der Waals surface area contributed by atoms with E-state index in [0.717, 1.165) is 0 Å². The molecule has 0 spiro atoms. The van der Waals surface area contributed by atoms with Gasteiger partial charge in [-0.1, -0.05) is 0 Å². The van der Waals surface area contributed by atoms with Crippen LogP contribution in [-0.4, -0.2) is 65.8 Å². The third-order valence-corrected chi connectivity index (χ3v) is 6.06. The summed E-state index contributed by atoms with van der Waals surface area (Å²) in [5.41, 5.74) is 6.36. The summed E-state index contributed by atoms with van der Waals surface area (Å²) in [4.78, 5) is 29.6. The van der Waals surface area contributed by atoms with Gasteiger partial charge >= 0.3 is 0 Å². The predicted molar refractivity (Wildman–Crippen MR) is 79.9 cm³/mol.